The van der Waals surface area contributed by atoms with Gasteiger partial charge in [-0.05, 0) is 32.2 Å². The molecule has 1 atom stereocenters. The highest BCUT2D eigenvalue weighted by Gasteiger charge is 2.53. The van der Waals surface area contributed by atoms with Gasteiger partial charge < -0.3 is 10.1 Å². The van der Waals surface area contributed by atoms with Crippen LogP contribution in [0.3, 0.4) is 0 Å². The molecule has 1 saturated carbocycles. The van der Waals surface area contributed by atoms with Gasteiger partial charge in [-0.15, -0.1) is 0 Å². The van der Waals surface area contributed by atoms with Gasteiger partial charge >= 0.3 is 0 Å². The molecule has 0 spiro atoms. The van der Waals surface area contributed by atoms with Crippen molar-refractivity contribution >= 4 is 5.91 Å². The number of nitrogens with zero attached hydrogens (tertiary/aromatic N) is 2. The van der Waals surface area contributed by atoms with Crippen LogP contribution in [0.2, 0.25) is 0 Å². The third-order valence-electron chi connectivity index (χ3n) is 4.24. The first kappa shape index (κ1) is 13.3. The van der Waals surface area contributed by atoms with Crippen molar-refractivity contribution < 1.29 is 9.53 Å². The Balaban J connectivity index is 2.17. The van der Waals surface area contributed by atoms with Gasteiger partial charge in [0.15, 0.2) is 0 Å². The molecule has 0 aromatic heterocycles. The van der Waals surface area contributed by atoms with E-state index in [-0.39, 0.29) is 11.3 Å². The fourth-order valence-corrected chi connectivity index (χ4v) is 2.94. The average Bonchev–Trinajstić information content (AvgIpc) is 3.05. The standard InChI is InChI=1S/C13H21N3O2/c1-15-11(17)13(10-18-2)4-3-7-16(13)9-12(8-14)5-6-12/h3-7,9-10H2,1-2H3,(H,15,17). The van der Waals surface area contributed by atoms with Gasteiger partial charge in [0.1, 0.15) is 5.54 Å². The summed E-state index contributed by atoms with van der Waals surface area (Å²) in [6.45, 7) is 1.97. The summed E-state index contributed by atoms with van der Waals surface area (Å²) in [6.07, 6.45) is 3.70. The summed E-state index contributed by atoms with van der Waals surface area (Å²) in [5, 5.41) is 11.9. The predicted octanol–water partition coefficient (Wildman–Crippen LogP) is 0.517. The van der Waals surface area contributed by atoms with Gasteiger partial charge in [-0.25, -0.2) is 0 Å². The number of carbonyl (C=O) groups is 1. The minimum Gasteiger partial charge on any atom is -0.382 e. The SMILES string of the molecule is CNC(=O)C1(COC)CCCN1CC1(C#N)CC1. The van der Waals surface area contributed by atoms with Crippen molar-refractivity contribution in [3.05, 3.63) is 0 Å². The average molecular weight is 251 g/mol. The molecule has 1 amide bonds. The lowest BCUT2D eigenvalue weighted by molar-refractivity contribution is -0.135. The molecule has 5 heteroatoms. The molecular weight excluding hydrogens is 230 g/mol. The molecule has 1 N–H and O–H groups in total. The molecule has 1 unspecified atom stereocenters. The molecule has 1 saturated heterocycles. The van der Waals surface area contributed by atoms with Crippen LogP contribution in [0.5, 0.6) is 0 Å². The number of carbonyl (C=O) groups excluding carboxylic acids is 1. The number of hydrogen-bond donors (Lipinski definition) is 1. The van der Waals surface area contributed by atoms with Gasteiger partial charge in [-0.1, -0.05) is 0 Å². The highest BCUT2D eigenvalue weighted by atomic mass is 16.5. The molecule has 18 heavy (non-hydrogen) atoms. The number of nitriles is 1. The Morgan fingerprint density at radius 1 is 1.50 bits per heavy atom. The molecule has 2 fully saturated rings. The Morgan fingerprint density at radius 3 is 2.72 bits per heavy atom. The predicted molar refractivity (Wildman–Crippen MR) is 66.8 cm³/mol. The minimum atomic E-state index is -0.573. The number of rotatable bonds is 5. The molecule has 2 rings (SSSR count). The summed E-state index contributed by atoms with van der Waals surface area (Å²) in [6, 6.07) is 2.40. The van der Waals surface area contributed by atoms with Gasteiger partial charge in [-0.2, -0.15) is 5.26 Å². The van der Waals surface area contributed by atoms with Crippen LogP contribution >= 0.6 is 0 Å². The molecule has 1 heterocycles. The van der Waals surface area contributed by atoms with Gasteiger partial charge in [0.05, 0.1) is 18.1 Å². The van der Waals surface area contributed by atoms with Crippen molar-refractivity contribution in [2.45, 2.75) is 31.2 Å². The summed E-state index contributed by atoms with van der Waals surface area (Å²) in [4.78, 5) is 14.4. The van der Waals surface area contributed by atoms with Crippen molar-refractivity contribution in [1.82, 2.24) is 10.2 Å². The maximum Gasteiger partial charge on any atom is 0.242 e. The van der Waals surface area contributed by atoms with Crippen LogP contribution < -0.4 is 5.32 Å². The Kier molecular flexibility index (Phi) is 3.60. The lowest BCUT2D eigenvalue weighted by atomic mass is 9.94. The van der Waals surface area contributed by atoms with E-state index in [0.717, 1.165) is 32.2 Å². The topological polar surface area (TPSA) is 65.4 Å². The van der Waals surface area contributed by atoms with Crippen molar-refractivity contribution in [1.29, 1.82) is 5.26 Å². The Bertz CT molecular complexity index is 373. The second-order valence-electron chi connectivity index (χ2n) is 5.46. The normalized spacial score (nSPS) is 29.8. The van der Waals surface area contributed by atoms with Crippen molar-refractivity contribution in [2.24, 2.45) is 5.41 Å². The van der Waals surface area contributed by atoms with E-state index in [1.807, 2.05) is 0 Å². The lowest BCUT2D eigenvalue weighted by Gasteiger charge is -2.37. The first-order chi connectivity index (χ1) is 8.62. The Morgan fingerprint density at radius 2 is 2.22 bits per heavy atom. The number of nitrogens with one attached hydrogen (secondary N) is 1. The first-order valence-electron chi connectivity index (χ1n) is 6.50. The van der Waals surface area contributed by atoms with Crippen molar-refractivity contribution in [3.63, 3.8) is 0 Å². The summed E-state index contributed by atoms with van der Waals surface area (Å²) in [5.41, 5.74) is -0.784. The number of hydrogen-bond acceptors (Lipinski definition) is 4. The number of likely N-dealkylation sites (N-methyl/N-ethyl adjacent to an activating group) is 1. The first-order valence-corrected chi connectivity index (χ1v) is 6.50. The van der Waals surface area contributed by atoms with E-state index < -0.39 is 5.54 Å². The second-order valence-corrected chi connectivity index (χ2v) is 5.46. The van der Waals surface area contributed by atoms with E-state index in [2.05, 4.69) is 16.3 Å². The maximum atomic E-state index is 12.2. The highest BCUT2D eigenvalue weighted by molar-refractivity contribution is 5.86. The van der Waals surface area contributed by atoms with E-state index in [4.69, 9.17) is 4.74 Å². The molecule has 0 bridgehead atoms. The Labute approximate surface area is 108 Å². The zero-order valence-electron chi connectivity index (χ0n) is 11.2. The van der Waals surface area contributed by atoms with Crippen molar-refractivity contribution in [2.75, 3.05) is 33.9 Å². The fraction of sp³-hybridized carbons (Fsp3) is 0.846. The van der Waals surface area contributed by atoms with Crippen LogP contribution in [0.1, 0.15) is 25.7 Å². The van der Waals surface area contributed by atoms with Gasteiger partial charge in [-0.3, -0.25) is 9.69 Å². The quantitative estimate of drug-likeness (QED) is 0.773. The number of amides is 1. The van der Waals surface area contributed by atoms with Crippen LogP contribution in [0, 0.1) is 16.7 Å². The zero-order chi connectivity index (χ0) is 13.2. The molecule has 5 nitrogen and oxygen atoms in total. The molecule has 100 valence electrons. The summed E-state index contributed by atoms with van der Waals surface area (Å²) >= 11 is 0. The van der Waals surface area contributed by atoms with Crippen LogP contribution in [0.15, 0.2) is 0 Å². The fourth-order valence-electron chi connectivity index (χ4n) is 2.94. The third kappa shape index (κ3) is 2.11. The van der Waals surface area contributed by atoms with Crippen LogP contribution in [0.25, 0.3) is 0 Å². The summed E-state index contributed by atoms with van der Waals surface area (Å²) in [7, 11) is 3.28. The van der Waals surface area contributed by atoms with Gasteiger partial charge in [0, 0.05) is 20.7 Å². The number of methoxy groups -OCH3 is 1. The van der Waals surface area contributed by atoms with Crippen LogP contribution in [-0.4, -0.2) is 50.2 Å². The molecular formula is C13H21N3O2. The number of ether oxygens (including phenoxy) is 1. The van der Waals surface area contributed by atoms with E-state index in [1.165, 1.54) is 0 Å². The molecule has 0 aromatic rings. The van der Waals surface area contributed by atoms with Crippen LogP contribution in [-0.2, 0) is 9.53 Å². The van der Waals surface area contributed by atoms with E-state index in [0.29, 0.717) is 13.2 Å². The highest BCUT2D eigenvalue weighted by Crippen LogP contribution is 2.47. The van der Waals surface area contributed by atoms with Crippen molar-refractivity contribution in [3.8, 4) is 6.07 Å². The lowest BCUT2D eigenvalue weighted by Crippen LogP contribution is -2.58. The third-order valence-corrected chi connectivity index (χ3v) is 4.24. The molecule has 0 aromatic carbocycles. The molecule has 2 aliphatic rings. The Hall–Kier alpha value is -1.12. The molecule has 1 aliphatic carbocycles. The van der Waals surface area contributed by atoms with E-state index >= 15 is 0 Å². The van der Waals surface area contributed by atoms with E-state index in [1.54, 1.807) is 14.2 Å². The maximum absolute atomic E-state index is 12.2. The smallest absolute Gasteiger partial charge is 0.242 e. The van der Waals surface area contributed by atoms with Gasteiger partial charge in [0.2, 0.25) is 5.91 Å². The minimum absolute atomic E-state index is 0.00981. The molecule has 0 radical (unpaired) electrons. The van der Waals surface area contributed by atoms with Crippen LogP contribution in [0.4, 0.5) is 0 Å². The summed E-state index contributed by atoms with van der Waals surface area (Å²) < 4.78 is 5.27. The summed E-state index contributed by atoms with van der Waals surface area (Å²) in [5.74, 6) is 0.00981. The molecule has 1 aliphatic heterocycles. The number of likely N-dealkylation sites (tertiary alicyclic amines) is 1. The zero-order valence-corrected chi connectivity index (χ0v) is 11.2. The van der Waals surface area contributed by atoms with E-state index in [9.17, 15) is 10.1 Å². The monoisotopic (exact) mass is 251 g/mol. The second kappa shape index (κ2) is 4.87. The largest absolute Gasteiger partial charge is 0.382 e. The van der Waals surface area contributed by atoms with Gasteiger partial charge in [0.25, 0.3) is 0 Å².